The van der Waals surface area contributed by atoms with Crippen molar-refractivity contribution in [1.29, 1.82) is 0 Å². The summed E-state index contributed by atoms with van der Waals surface area (Å²) in [6, 6.07) is 7.63. The maximum absolute atomic E-state index is 12.0. The fourth-order valence-corrected chi connectivity index (χ4v) is 3.50. The zero-order valence-corrected chi connectivity index (χ0v) is 18.7. The van der Waals surface area contributed by atoms with Gasteiger partial charge in [-0.25, -0.2) is 4.98 Å². The minimum absolute atomic E-state index is 0.174. The Labute approximate surface area is 181 Å². The highest BCUT2D eigenvalue weighted by Gasteiger charge is 2.19. The highest BCUT2D eigenvalue weighted by Crippen LogP contribution is 2.33. The molecule has 2 amide bonds. The van der Waals surface area contributed by atoms with Crippen LogP contribution in [0.3, 0.4) is 0 Å². The molecule has 0 aliphatic rings. The third kappa shape index (κ3) is 4.93. The average molecular weight is 425 g/mol. The predicted molar refractivity (Wildman–Crippen MR) is 119 cm³/mol. The molecule has 2 heterocycles. The lowest BCUT2D eigenvalue weighted by molar-refractivity contribution is -0.127. The summed E-state index contributed by atoms with van der Waals surface area (Å²) in [7, 11) is 1.65. The molecule has 31 heavy (non-hydrogen) atoms. The van der Waals surface area contributed by atoms with E-state index in [1.54, 1.807) is 11.6 Å². The Bertz CT molecular complexity index is 1140. The van der Waals surface area contributed by atoms with Crippen LogP contribution in [0.1, 0.15) is 37.2 Å². The monoisotopic (exact) mass is 424 g/mol. The van der Waals surface area contributed by atoms with Crippen LogP contribution in [-0.2, 0) is 9.59 Å². The highest BCUT2D eigenvalue weighted by molar-refractivity contribution is 5.83. The van der Waals surface area contributed by atoms with Crippen molar-refractivity contribution < 1.29 is 14.3 Å². The molecule has 1 aromatic carbocycles. The number of aromatic nitrogens is 3. The molecule has 0 spiro atoms. The lowest BCUT2D eigenvalue weighted by atomic mass is 10.0. The number of fused-ring (bicyclic) bond motifs is 1. The summed E-state index contributed by atoms with van der Waals surface area (Å²) < 4.78 is 7.09. The lowest BCUT2D eigenvalue weighted by Crippen LogP contribution is -2.42. The summed E-state index contributed by atoms with van der Waals surface area (Å²) in [6.45, 7) is 9.13. The SMILES string of the molecule is COc1ccc(-c2c(C)nn3c(NC(C)CC(=O)NNC(C)=O)cc(C)nc23)c(C)c1. The van der Waals surface area contributed by atoms with Crippen molar-refractivity contribution in [2.24, 2.45) is 0 Å². The zero-order valence-electron chi connectivity index (χ0n) is 18.7. The van der Waals surface area contributed by atoms with E-state index >= 15 is 0 Å². The van der Waals surface area contributed by atoms with Gasteiger partial charge in [-0.05, 0) is 51.0 Å². The van der Waals surface area contributed by atoms with E-state index in [0.717, 1.165) is 45.3 Å². The first-order valence-corrected chi connectivity index (χ1v) is 10.0. The topological polar surface area (TPSA) is 110 Å². The van der Waals surface area contributed by atoms with E-state index < -0.39 is 0 Å². The van der Waals surface area contributed by atoms with Crippen LogP contribution in [0.25, 0.3) is 16.8 Å². The molecule has 164 valence electrons. The Kier molecular flexibility index (Phi) is 6.43. The molecule has 0 radical (unpaired) electrons. The van der Waals surface area contributed by atoms with Gasteiger partial charge in [-0.3, -0.25) is 20.4 Å². The summed E-state index contributed by atoms with van der Waals surface area (Å²) >= 11 is 0. The van der Waals surface area contributed by atoms with Gasteiger partial charge in [-0.15, -0.1) is 0 Å². The number of nitrogens with one attached hydrogen (secondary N) is 3. The van der Waals surface area contributed by atoms with Crippen LogP contribution in [0.4, 0.5) is 5.82 Å². The normalized spacial score (nSPS) is 11.8. The first-order valence-electron chi connectivity index (χ1n) is 10.0. The Morgan fingerprint density at radius 2 is 1.90 bits per heavy atom. The number of anilines is 1. The first kappa shape index (κ1) is 22.1. The number of benzene rings is 1. The van der Waals surface area contributed by atoms with Crippen LogP contribution in [0.2, 0.25) is 0 Å². The quantitative estimate of drug-likeness (QED) is 0.525. The van der Waals surface area contributed by atoms with Gasteiger partial charge >= 0.3 is 0 Å². The molecule has 9 nitrogen and oxygen atoms in total. The summed E-state index contributed by atoms with van der Waals surface area (Å²) in [4.78, 5) is 27.7. The third-order valence-corrected chi connectivity index (χ3v) is 4.86. The molecule has 0 bridgehead atoms. The predicted octanol–water partition coefficient (Wildman–Crippen LogP) is 2.69. The van der Waals surface area contributed by atoms with E-state index in [9.17, 15) is 9.59 Å². The van der Waals surface area contributed by atoms with Crippen LogP contribution in [0.5, 0.6) is 5.75 Å². The first-order chi connectivity index (χ1) is 14.7. The Morgan fingerprint density at radius 1 is 1.16 bits per heavy atom. The number of amides is 2. The molecule has 0 fully saturated rings. The summed E-state index contributed by atoms with van der Waals surface area (Å²) in [5.74, 6) is 0.924. The fraction of sp³-hybridized carbons (Fsp3) is 0.364. The second kappa shape index (κ2) is 9.03. The number of hydrazine groups is 1. The summed E-state index contributed by atoms with van der Waals surface area (Å²) in [5, 5.41) is 8.04. The van der Waals surface area contributed by atoms with E-state index in [4.69, 9.17) is 14.8 Å². The fourth-order valence-electron chi connectivity index (χ4n) is 3.50. The van der Waals surface area contributed by atoms with Gasteiger partial charge in [-0.1, -0.05) is 6.07 Å². The second-order valence-corrected chi connectivity index (χ2v) is 7.64. The second-order valence-electron chi connectivity index (χ2n) is 7.64. The number of nitrogens with zero attached hydrogens (tertiary/aromatic N) is 3. The number of carbonyl (C=O) groups excluding carboxylic acids is 2. The van der Waals surface area contributed by atoms with Gasteiger partial charge in [0.15, 0.2) is 5.65 Å². The van der Waals surface area contributed by atoms with E-state index in [2.05, 4.69) is 16.2 Å². The van der Waals surface area contributed by atoms with E-state index in [-0.39, 0.29) is 24.3 Å². The largest absolute Gasteiger partial charge is 0.497 e. The molecule has 2 aromatic heterocycles. The highest BCUT2D eigenvalue weighted by atomic mass is 16.5. The number of methoxy groups -OCH3 is 1. The number of hydrogen-bond acceptors (Lipinski definition) is 6. The number of rotatable bonds is 6. The minimum Gasteiger partial charge on any atom is -0.497 e. The van der Waals surface area contributed by atoms with Gasteiger partial charge in [0.2, 0.25) is 11.8 Å². The minimum atomic E-state index is -0.325. The number of ether oxygens (including phenoxy) is 1. The Hall–Kier alpha value is -3.62. The summed E-state index contributed by atoms with van der Waals surface area (Å²) in [6.07, 6.45) is 0.174. The smallest absolute Gasteiger partial charge is 0.240 e. The van der Waals surface area contributed by atoms with Crippen LogP contribution < -0.4 is 20.9 Å². The van der Waals surface area contributed by atoms with Gasteiger partial charge in [0, 0.05) is 36.7 Å². The molecule has 0 saturated heterocycles. The van der Waals surface area contributed by atoms with Crippen LogP contribution in [-0.4, -0.2) is 39.6 Å². The molecule has 3 N–H and O–H groups in total. The van der Waals surface area contributed by atoms with Crippen LogP contribution in [0, 0.1) is 20.8 Å². The third-order valence-electron chi connectivity index (χ3n) is 4.86. The van der Waals surface area contributed by atoms with Crippen LogP contribution in [0.15, 0.2) is 24.3 Å². The van der Waals surface area contributed by atoms with Gasteiger partial charge in [0.05, 0.1) is 12.8 Å². The average Bonchev–Trinajstić information content (AvgIpc) is 3.02. The summed E-state index contributed by atoms with van der Waals surface area (Å²) in [5.41, 5.74) is 10.2. The van der Waals surface area contributed by atoms with Crippen molar-refractivity contribution in [3.63, 3.8) is 0 Å². The van der Waals surface area contributed by atoms with E-state index in [1.807, 2.05) is 52.0 Å². The lowest BCUT2D eigenvalue weighted by Gasteiger charge is -2.16. The van der Waals surface area contributed by atoms with Gasteiger partial charge < -0.3 is 10.1 Å². The van der Waals surface area contributed by atoms with Crippen molar-refractivity contribution in [3.05, 3.63) is 41.2 Å². The number of aryl methyl sites for hydroxylation is 3. The van der Waals surface area contributed by atoms with E-state index in [1.165, 1.54) is 6.92 Å². The molecule has 3 rings (SSSR count). The van der Waals surface area contributed by atoms with Gasteiger partial charge in [0.1, 0.15) is 11.6 Å². The van der Waals surface area contributed by atoms with Crippen molar-refractivity contribution >= 4 is 23.3 Å². The number of carbonyl (C=O) groups is 2. The number of hydrogen-bond donors (Lipinski definition) is 3. The van der Waals surface area contributed by atoms with Gasteiger partial charge in [-0.2, -0.15) is 9.61 Å². The standard InChI is InChI=1S/C22H28N6O3/c1-12-9-17(31-6)7-8-18(12)21-15(4)27-28-19(10-13(2)24-22(21)28)23-14(3)11-20(30)26-25-16(5)29/h7-10,14,23H,11H2,1-6H3,(H,25,29)(H,26,30). The maximum atomic E-state index is 12.0. The zero-order chi connectivity index (χ0) is 22.7. The van der Waals surface area contributed by atoms with E-state index in [0.29, 0.717) is 0 Å². The van der Waals surface area contributed by atoms with Crippen molar-refractivity contribution in [2.75, 3.05) is 12.4 Å². The molecule has 0 aliphatic heterocycles. The van der Waals surface area contributed by atoms with Crippen molar-refractivity contribution in [2.45, 2.75) is 47.1 Å². The maximum Gasteiger partial charge on any atom is 0.240 e. The van der Waals surface area contributed by atoms with Crippen molar-refractivity contribution in [1.82, 2.24) is 25.4 Å². The molecule has 1 unspecified atom stereocenters. The molecule has 9 heteroatoms. The van der Waals surface area contributed by atoms with Crippen LogP contribution >= 0.6 is 0 Å². The Morgan fingerprint density at radius 3 is 2.55 bits per heavy atom. The molecule has 1 atom stereocenters. The molecular weight excluding hydrogens is 396 g/mol. The molecule has 0 saturated carbocycles. The molecule has 0 aliphatic carbocycles. The van der Waals surface area contributed by atoms with Crippen molar-refractivity contribution in [3.8, 4) is 16.9 Å². The van der Waals surface area contributed by atoms with Gasteiger partial charge in [0.25, 0.3) is 0 Å². The Balaban J connectivity index is 1.94. The molecular formula is C22H28N6O3. The molecule has 3 aromatic rings.